The van der Waals surface area contributed by atoms with Crippen molar-refractivity contribution in [1.29, 1.82) is 0 Å². The van der Waals surface area contributed by atoms with E-state index in [1.807, 2.05) is 0 Å². The summed E-state index contributed by atoms with van der Waals surface area (Å²) in [7, 11) is 1.41. The zero-order valence-electron chi connectivity index (χ0n) is 11.8. The van der Waals surface area contributed by atoms with Crippen molar-refractivity contribution in [2.24, 2.45) is 0 Å². The molecular weight excluding hydrogens is 252 g/mol. The number of hydrogen-bond acceptors (Lipinski definition) is 4. The predicted octanol–water partition coefficient (Wildman–Crippen LogP) is -0.151. The third kappa shape index (κ3) is 5.69. The molecule has 0 saturated carbocycles. The molecule has 0 aromatic heterocycles. The molecule has 0 aliphatic rings. The van der Waals surface area contributed by atoms with E-state index in [4.69, 9.17) is 9.84 Å². The fourth-order valence-corrected chi connectivity index (χ4v) is 1.61. The Hall–Kier alpha value is -1.63. The van der Waals surface area contributed by atoms with Crippen LogP contribution in [-0.4, -0.2) is 60.1 Å². The molecule has 0 spiro atoms. The lowest BCUT2D eigenvalue weighted by Crippen LogP contribution is -2.50. The molecule has 0 aromatic rings. The van der Waals surface area contributed by atoms with E-state index in [9.17, 15) is 14.4 Å². The first-order chi connectivity index (χ1) is 8.84. The van der Waals surface area contributed by atoms with Gasteiger partial charge in [0.15, 0.2) is 0 Å². The SMILES string of the molecule is CCC(OC)C(=O)N(CCNC(C)=O)C(C)C(=O)O. The van der Waals surface area contributed by atoms with E-state index >= 15 is 0 Å². The average molecular weight is 274 g/mol. The second-order valence-electron chi connectivity index (χ2n) is 4.16. The van der Waals surface area contributed by atoms with Gasteiger partial charge in [-0.2, -0.15) is 0 Å². The Morgan fingerprint density at radius 3 is 2.32 bits per heavy atom. The minimum Gasteiger partial charge on any atom is -0.480 e. The Balaban J connectivity index is 4.79. The summed E-state index contributed by atoms with van der Waals surface area (Å²) in [5, 5.41) is 11.5. The van der Waals surface area contributed by atoms with Gasteiger partial charge in [0.25, 0.3) is 5.91 Å². The molecule has 0 saturated heterocycles. The fraction of sp³-hybridized carbons (Fsp3) is 0.750. The number of methoxy groups -OCH3 is 1. The second kappa shape index (κ2) is 8.47. The van der Waals surface area contributed by atoms with E-state index in [-0.39, 0.29) is 24.9 Å². The molecule has 0 rings (SSSR count). The van der Waals surface area contributed by atoms with E-state index in [2.05, 4.69) is 5.32 Å². The molecule has 110 valence electrons. The maximum atomic E-state index is 12.2. The molecule has 0 fully saturated rings. The smallest absolute Gasteiger partial charge is 0.326 e. The van der Waals surface area contributed by atoms with Crippen LogP contribution < -0.4 is 5.32 Å². The van der Waals surface area contributed by atoms with E-state index in [0.717, 1.165) is 0 Å². The maximum absolute atomic E-state index is 12.2. The highest BCUT2D eigenvalue weighted by Gasteiger charge is 2.29. The Bertz CT molecular complexity index is 328. The van der Waals surface area contributed by atoms with Crippen molar-refractivity contribution >= 4 is 17.8 Å². The average Bonchev–Trinajstić information content (AvgIpc) is 2.34. The molecule has 0 heterocycles. The minimum atomic E-state index is -1.10. The van der Waals surface area contributed by atoms with Gasteiger partial charge in [-0.15, -0.1) is 0 Å². The third-order valence-electron chi connectivity index (χ3n) is 2.77. The fourth-order valence-electron chi connectivity index (χ4n) is 1.61. The van der Waals surface area contributed by atoms with Gasteiger partial charge in [0, 0.05) is 27.1 Å². The van der Waals surface area contributed by atoms with Gasteiger partial charge < -0.3 is 20.1 Å². The first-order valence-electron chi connectivity index (χ1n) is 6.15. The normalized spacial score (nSPS) is 13.5. The van der Waals surface area contributed by atoms with Crippen LogP contribution in [0.3, 0.4) is 0 Å². The molecule has 0 bridgehead atoms. The molecule has 7 heteroatoms. The standard InChI is InChI=1S/C12H22N2O5/c1-5-10(19-4)11(16)14(8(2)12(17)18)7-6-13-9(3)15/h8,10H,5-7H2,1-4H3,(H,13,15)(H,17,18). The van der Waals surface area contributed by atoms with Gasteiger partial charge in [-0.05, 0) is 13.3 Å². The highest BCUT2D eigenvalue weighted by atomic mass is 16.5. The van der Waals surface area contributed by atoms with Gasteiger partial charge in [0.2, 0.25) is 5.91 Å². The lowest BCUT2D eigenvalue weighted by atomic mass is 10.2. The Morgan fingerprint density at radius 1 is 1.37 bits per heavy atom. The number of carbonyl (C=O) groups excluding carboxylic acids is 2. The second-order valence-corrected chi connectivity index (χ2v) is 4.16. The Labute approximate surface area is 112 Å². The minimum absolute atomic E-state index is 0.131. The lowest BCUT2D eigenvalue weighted by Gasteiger charge is -2.29. The maximum Gasteiger partial charge on any atom is 0.326 e. The topological polar surface area (TPSA) is 95.9 Å². The Kier molecular flexibility index (Phi) is 7.74. The van der Waals surface area contributed by atoms with Crippen molar-refractivity contribution in [3.8, 4) is 0 Å². The van der Waals surface area contributed by atoms with Crippen LogP contribution in [0.5, 0.6) is 0 Å². The van der Waals surface area contributed by atoms with Crippen LogP contribution in [0.1, 0.15) is 27.2 Å². The first-order valence-corrected chi connectivity index (χ1v) is 6.15. The van der Waals surface area contributed by atoms with E-state index in [1.165, 1.54) is 25.9 Å². The van der Waals surface area contributed by atoms with Crippen molar-refractivity contribution in [3.63, 3.8) is 0 Å². The Morgan fingerprint density at radius 2 is 1.95 bits per heavy atom. The molecule has 2 N–H and O–H groups in total. The summed E-state index contributed by atoms with van der Waals surface area (Å²) in [6.45, 7) is 4.90. The zero-order chi connectivity index (χ0) is 15.0. The number of hydrogen-bond donors (Lipinski definition) is 2. The molecule has 19 heavy (non-hydrogen) atoms. The lowest BCUT2D eigenvalue weighted by molar-refractivity contribution is -0.154. The molecule has 0 aliphatic heterocycles. The van der Waals surface area contributed by atoms with E-state index in [0.29, 0.717) is 6.42 Å². The molecule has 2 atom stereocenters. The van der Waals surface area contributed by atoms with Gasteiger partial charge in [-0.25, -0.2) is 4.79 Å². The van der Waals surface area contributed by atoms with Gasteiger partial charge in [0.05, 0.1) is 0 Å². The summed E-state index contributed by atoms with van der Waals surface area (Å²) in [4.78, 5) is 35.2. The number of nitrogens with one attached hydrogen (secondary N) is 1. The van der Waals surface area contributed by atoms with Gasteiger partial charge in [0.1, 0.15) is 12.1 Å². The van der Waals surface area contributed by atoms with Gasteiger partial charge >= 0.3 is 5.97 Å². The summed E-state index contributed by atoms with van der Waals surface area (Å²) >= 11 is 0. The van der Waals surface area contributed by atoms with Crippen molar-refractivity contribution in [1.82, 2.24) is 10.2 Å². The molecule has 2 amide bonds. The molecule has 7 nitrogen and oxygen atoms in total. The van der Waals surface area contributed by atoms with Crippen molar-refractivity contribution in [2.75, 3.05) is 20.2 Å². The van der Waals surface area contributed by atoms with Crippen LogP contribution in [0.15, 0.2) is 0 Å². The first kappa shape index (κ1) is 17.4. The highest BCUT2D eigenvalue weighted by molar-refractivity contribution is 5.86. The molecule has 2 unspecified atom stereocenters. The number of carboxylic acid groups (broad SMARTS) is 1. The number of amides is 2. The summed E-state index contributed by atoms with van der Waals surface area (Å²) in [6, 6.07) is -0.967. The van der Waals surface area contributed by atoms with Crippen LogP contribution in [0.25, 0.3) is 0 Å². The predicted molar refractivity (Wildman–Crippen MR) is 68.6 cm³/mol. The van der Waals surface area contributed by atoms with E-state index in [1.54, 1.807) is 6.92 Å². The number of nitrogens with zero attached hydrogens (tertiary/aromatic N) is 1. The number of ether oxygens (including phenoxy) is 1. The number of carboxylic acids is 1. The largest absolute Gasteiger partial charge is 0.480 e. The van der Waals surface area contributed by atoms with Crippen LogP contribution in [0, 0.1) is 0 Å². The molecule has 0 aromatic carbocycles. The summed E-state index contributed by atoms with van der Waals surface area (Å²) in [6.07, 6.45) is -0.211. The van der Waals surface area contributed by atoms with Crippen LogP contribution in [0.4, 0.5) is 0 Å². The van der Waals surface area contributed by atoms with Gasteiger partial charge in [-0.3, -0.25) is 9.59 Å². The molecular formula is C12H22N2O5. The highest BCUT2D eigenvalue weighted by Crippen LogP contribution is 2.07. The monoisotopic (exact) mass is 274 g/mol. The van der Waals surface area contributed by atoms with Crippen LogP contribution in [0.2, 0.25) is 0 Å². The quantitative estimate of drug-likeness (QED) is 0.641. The summed E-state index contributed by atoms with van der Waals surface area (Å²) in [5.74, 6) is -1.71. The third-order valence-corrected chi connectivity index (χ3v) is 2.77. The van der Waals surface area contributed by atoms with Crippen molar-refractivity contribution in [3.05, 3.63) is 0 Å². The summed E-state index contributed by atoms with van der Waals surface area (Å²) < 4.78 is 5.03. The van der Waals surface area contributed by atoms with Gasteiger partial charge in [-0.1, -0.05) is 6.92 Å². The van der Waals surface area contributed by atoms with Crippen LogP contribution >= 0.6 is 0 Å². The molecule has 0 radical (unpaired) electrons. The van der Waals surface area contributed by atoms with Crippen LogP contribution in [-0.2, 0) is 19.1 Å². The van der Waals surface area contributed by atoms with Crippen molar-refractivity contribution in [2.45, 2.75) is 39.3 Å². The molecule has 0 aliphatic carbocycles. The zero-order valence-corrected chi connectivity index (χ0v) is 11.8. The van der Waals surface area contributed by atoms with E-state index < -0.39 is 18.1 Å². The number of carbonyl (C=O) groups is 3. The summed E-state index contributed by atoms with van der Waals surface area (Å²) in [5.41, 5.74) is 0. The van der Waals surface area contributed by atoms with Crippen molar-refractivity contribution < 1.29 is 24.2 Å². The number of rotatable bonds is 8. The number of aliphatic carboxylic acids is 1.